The minimum Gasteiger partial charge on any atom is -0.494 e. The zero-order valence-electron chi connectivity index (χ0n) is 18.3. The Balaban J connectivity index is 1.54. The van der Waals surface area contributed by atoms with Crippen molar-refractivity contribution in [3.63, 3.8) is 0 Å². The second-order valence-corrected chi connectivity index (χ2v) is 10.1. The van der Waals surface area contributed by atoms with E-state index in [-0.39, 0.29) is 35.1 Å². The first-order valence-electron chi connectivity index (χ1n) is 11.0. The fourth-order valence-corrected chi connectivity index (χ4v) is 5.95. The smallest absolute Gasteiger partial charge is 0.262 e. The van der Waals surface area contributed by atoms with Crippen molar-refractivity contribution >= 4 is 27.5 Å². The topological polar surface area (TPSA) is 92.8 Å². The lowest BCUT2D eigenvalue weighted by Crippen LogP contribution is -2.30. The molecule has 1 aliphatic heterocycles. The zero-order valence-corrected chi connectivity index (χ0v) is 19.2. The van der Waals surface area contributed by atoms with Crippen LogP contribution in [0.2, 0.25) is 0 Å². The van der Waals surface area contributed by atoms with Crippen LogP contribution in [0.4, 0.5) is 5.69 Å². The van der Waals surface area contributed by atoms with E-state index in [1.54, 1.807) is 49.4 Å². The molecule has 32 heavy (non-hydrogen) atoms. The second kappa shape index (κ2) is 8.94. The molecule has 7 nitrogen and oxygen atoms in total. The number of amides is 2. The standard InChI is InChI=1S/C24H28N2O5S/c1-3-31-19-12-10-18(11-13-19)25-32(29,30)22-14-17(9-8-16(22)2)15-26-23(27)20-6-4-5-7-21(20)24(26)28/h8-14,20-21,25H,3-7,15H2,1-2H3. The molecule has 2 atom stereocenters. The number of likely N-dealkylation sites (tertiary alicyclic amines) is 1. The Morgan fingerprint density at radius 3 is 2.22 bits per heavy atom. The van der Waals surface area contributed by atoms with Crippen LogP contribution in [0.3, 0.4) is 0 Å². The summed E-state index contributed by atoms with van der Waals surface area (Å²) >= 11 is 0. The van der Waals surface area contributed by atoms with Crippen LogP contribution in [0.5, 0.6) is 5.75 Å². The van der Waals surface area contributed by atoms with Gasteiger partial charge in [-0.15, -0.1) is 0 Å². The highest BCUT2D eigenvalue weighted by Crippen LogP contribution is 2.38. The van der Waals surface area contributed by atoms with E-state index in [4.69, 9.17) is 4.74 Å². The Morgan fingerprint density at radius 1 is 1.00 bits per heavy atom. The van der Waals surface area contributed by atoms with E-state index >= 15 is 0 Å². The summed E-state index contributed by atoms with van der Waals surface area (Å²) in [7, 11) is -3.85. The largest absolute Gasteiger partial charge is 0.494 e. The van der Waals surface area contributed by atoms with Gasteiger partial charge in [0, 0.05) is 5.69 Å². The van der Waals surface area contributed by atoms with Crippen LogP contribution in [-0.4, -0.2) is 31.7 Å². The molecule has 8 heteroatoms. The third-order valence-electron chi connectivity index (χ3n) is 6.23. The first-order chi connectivity index (χ1) is 15.3. The highest BCUT2D eigenvalue weighted by molar-refractivity contribution is 7.92. The van der Waals surface area contributed by atoms with Crippen molar-refractivity contribution in [2.75, 3.05) is 11.3 Å². The van der Waals surface area contributed by atoms with Crippen molar-refractivity contribution in [1.29, 1.82) is 0 Å². The summed E-state index contributed by atoms with van der Waals surface area (Å²) < 4.78 is 34.1. The number of anilines is 1. The van der Waals surface area contributed by atoms with E-state index in [1.807, 2.05) is 6.92 Å². The number of benzene rings is 2. The minimum absolute atomic E-state index is 0.0938. The fourth-order valence-electron chi connectivity index (χ4n) is 4.60. The maximum atomic E-state index is 13.1. The lowest BCUT2D eigenvalue weighted by Gasteiger charge is -2.19. The van der Waals surface area contributed by atoms with Gasteiger partial charge >= 0.3 is 0 Å². The Bertz CT molecular complexity index is 1100. The summed E-state index contributed by atoms with van der Waals surface area (Å²) in [6.07, 6.45) is 3.45. The predicted octanol–water partition coefficient (Wildman–Crippen LogP) is 3.87. The van der Waals surface area contributed by atoms with Gasteiger partial charge in [-0.05, 0) is 68.1 Å². The average Bonchev–Trinajstić information content (AvgIpc) is 3.01. The predicted molar refractivity (Wildman–Crippen MR) is 121 cm³/mol. The number of carbonyl (C=O) groups is 2. The van der Waals surface area contributed by atoms with Crippen molar-refractivity contribution in [3.05, 3.63) is 53.6 Å². The maximum absolute atomic E-state index is 13.1. The van der Waals surface area contributed by atoms with Crippen molar-refractivity contribution < 1.29 is 22.7 Å². The summed E-state index contributed by atoms with van der Waals surface area (Å²) in [6.45, 7) is 4.22. The van der Waals surface area contributed by atoms with Crippen LogP contribution in [0.15, 0.2) is 47.4 Å². The number of fused-ring (bicyclic) bond motifs is 1. The van der Waals surface area contributed by atoms with E-state index in [0.29, 0.717) is 29.2 Å². The molecule has 0 radical (unpaired) electrons. The Morgan fingerprint density at radius 2 is 1.62 bits per heavy atom. The first-order valence-corrected chi connectivity index (χ1v) is 12.5. The Labute approximate surface area is 188 Å². The summed E-state index contributed by atoms with van der Waals surface area (Å²) in [5.74, 6) is -0.0269. The molecular formula is C24H28N2O5S. The molecular weight excluding hydrogens is 428 g/mol. The molecule has 2 aromatic rings. The van der Waals surface area contributed by atoms with Crippen LogP contribution in [-0.2, 0) is 26.2 Å². The molecule has 0 bridgehead atoms. The zero-order chi connectivity index (χ0) is 22.9. The number of hydrogen-bond donors (Lipinski definition) is 1. The number of carbonyl (C=O) groups excluding carboxylic acids is 2. The molecule has 2 aliphatic rings. The number of ether oxygens (including phenoxy) is 1. The molecule has 1 N–H and O–H groups in total. The van der Waals surface area contributed by atoms with E-state index < -0.39 is 10.0 Å². The fraction of sp³-hybridized carbons (Fsp3) is 0.417. The molecule has 2 aromatic carbocycles. The van der Waals surface area contributed by atoms with Gasteiger partial charge in [0.05, 0.1) is 29.9 Å². The summed E-state index contributed by atoms with van der Waals surface area (Å²) in [4.78, 5) is 27.0. The SMILES string of the molecule is CCOc1ccc(NS(=O)(=O)c2cc(CN3C(=O)C4CCCCC4C3=O)ccc2C)cc1. The quantitative estimate of drug-likeness (QED) is 0.639. The number of rotatable bonds is 7. The minimum atomic E-state index is -3.85. The van der Waals surface area contributed by atoms with Crippen molar-refractivity contribution in [2.45, 2.75) is 51.0 Å². The van der Waals surface area contributed by atoms with Crippen LogP contribution < -0.4 is 9.46 Å². The molecule has 4 rings (SSSR count). The lowest BCUT2D eigenvalue weighted by molar-refractivity contribution is -0.140. The van der Waals surface area contributed by atoms with Gasteiger partial charge in [-0.25, -0.2) is 8.42 Å². The highest BCUT2D eigenvalue weighted by atomic mass is 32.2. The number of aryl methyl sites for hydroxylation is 1. The highest BCUT2D eigenvalue weighted by Gasteiger charge is 2.47. The number of hydrogen-bond acceptors (Lipinski definition) is 5. The van der Waals surface area contributed by atoms with Crippen LogP contribution >= 0.6 is 0 Å². The van der Waals surface area contributed by atoms with Gasteiger partial charge in [-0.1, -0.05) is 25.0 Å². The Hall–Kier alpha value is -2.87. The van der Waals surface area contributed by atoms with E-state index in [0.717, 1.165) is 25.7 Å². The maximum Gasteiger partial charge on any atom is 0.262 e. The number of nitrogens with zero attached hydrogens (tertiary/aromatic N) is 1. The molecule has 170 valence electrons. The molecule has 2 amide bonds. The first kappa shape index (κ1) is 22.3. The van der Waals surface area contributed by atoms with Gasteiger partial charge in [-0.3, -0.25) is 19.2 Å². The van der Waals surface area contributed by atoms with Gasteiger partial charge < -0.3 is 4.74 Å². The monoisotopic (exact) mass is 456 g/mol. The summed E-state index contributed by atoms with van der Waals surface area (Å²) in [5, 5.41) is 0. The normalized spacial score (nSPS) is 20.9. The van der Waals surface area contributed by atoms with Crippen LogP contribution in [0.1, 0.15) is 43.7 Å². The second-order valence-electron chi connectivity index (χ2n) is 8.42. The average molecular weight is 457 g/mol. The van der Waals surface area contributed by atoms with Crippen molar-refractivity contribution in [1.82, 2.24) is 4.90 Å². The lowest BCUT2D eigenvalue weighted by atomic mass is 9.81. The Kier molecular flexibility index (Phi) is 6.24. The van der Waals surface area contributed by atoms with E-state index in [9.17, 15) is 18.0 Å². The molecule has 0 spiro atoms. The molecule has 2 unspecified atom stereocenters. The van der Waals surface area contributed by atoms with Gasteiger partial charge in [0.25, 0.3) is 10.0 Å². The molecule has 1 heterocycles. The summed E-state index contributed by atoms with van der Waals surface area (Å²) in [5.41, 5.74) is 1.62. The molecule has 1 saturated carbocycles. The van der Waals surface area contributed by atoms with Crippen LogP contribution in [0.25, 0.3) is 0 Å². The third-order valence-corrected chi connectivity index (χ3v) is 7.76. The molecule has 1 saturated heterocycles. The van der Waals surface area contributed by atoms with E-state index in [2.05, 4.69) is 4.72 Å². The number of sulfonamides is 1. The molecule has 0 aromatic heterocycles. The number of nitrogens with one attached hydrogen (secondary N) is 1. The van der Waals surface area contributed by atoms with Gasteiger partial charge in [0.1, 0.15) is 5.75 Å². The van der Waals surface area contributed by atoms with Crippen molar-refractivity contribution in [3.8, 4) is 5.75 Å². The molecule has 2 fully saturated rings. The number of imide groups is 1. The van der Waals surface area contributed by atoms with Gasteiger partial charge in [0.2, 0.25) is 11.8 Å². The van der Waals surface area contributed by atoms with Crippen molar-refractivity contribution in [2.24, 2.45) is 11.8 Å². The van der Waals surface area contributed by atoms with E-state index in [1.165, 1.54) is 4.90 Å². The third kappa shape index (κ3) is 4.37. The van der Waals surface area contributed by atoms with Gasteiger partial charge in [0.15, 0.2) is 0 Å². The van der Waals surface area contributed by atoms with Gasteiger partial charge in [-0.2, -0.15) is 0 Å². The molecule has 1 aliphatic carbocycles. The van der Waals surface area contributed by atoms with Crippen LogP contribution in [0, 0.1) is 18.8 Å². The summed E-state index contributed by atoms with van der Waals surface area (Å²) in [6, 6.07) is 11.7.